The molecule has 3 atom stereocenters. The van der Waals surface area contributed by atoms with Gasteiger partial charge in [-0.25, -0.2) is 9.78 Å². The van der Waals surface area contributed by atoms with E-state index in [2.05, 4.69) is 25.8 Å². The maximum Gasteiger partial charge on any atom is 0.407 e. The van der Waals surface area contributed by atoms with Crippen LogP contribution < -0.4 is 15.4 Å². The van der Waals surface area contributed by atoms with Crippen LogP contribution in [0.1, 0.15) is 50.6 Å². The molecule has 0 aromatic carbocycles. The van der Waals surface area contributed by atoms with Gasteiger partial charge in [0.1, 0.15) is 6.10 Å². The highest BCUT2D eigenvalue weighted by atomic mass is 16.6. The second-order valence-corrected chi connectivity index (χ2v) is 7.29. The van der Waals surface area contributed by atoms with E-state index in [1.807, 2.05) is 25.1 Å². The van der Waals surface area contributed by atoms with E-state index in [1.54, 1.807) is 6.20 Å². The Kier molecular flexibility index (Phi) is 5.13. The summed E-state index contributed by atoms with van der Waals surface area (Å²) in [5.41, 5.74) is 1.94. The maximum atomic E-state index is 12.1. The van der Waals surface area contributed by atoms with Gasteiger partial charge in [-0.3, -0.25) is 5.10 Å². The number of rotatable bonds is 0. The summed E-state index contributed by atoms with van der Waals surface area (Å²) in [5.74, 6) is 1.63. The molecule has 2 aliphatic rings. The van der Waals surface area contributed by atoms with Crippen molar-refractivity contribution in [2.24, 2.45) is 0 Å². The summed E-state index contributed by atoms with van der Waals surface area (Å²) in [5, 5.41) is 13.7. The topological polar surface area (TPSA) is 101 Å². The van der Waals surface area contributed by atoms with Crippen LogP contribution in [0, 0.1) is 0 Å². The molecule has 8 nitrogen and oxygen atoms in total. The zero-order valence-corrected chi connectivity index (χ0v) is 15.4. The molecule has 1 amide bonds. The monoisotopic (exact) mass is 371 g/mol. The molecule has 8 heteroatoms. The van der Waals surface area contributed by atoms with Crippen LogP contribution in [0.15, 0.2) is 24.4 Å². The Morgan fingerprint density at radius 3 is 3.07 bits per heavy atom. The minimum atomic E-state index is -0.337. The van der Waals surface area contributed by atoms with Gasteiger partial charge in [-0.05, 0) is 45.1 Å². The standard InChI is InChI=1S/C19H25N5O3/c1-12-3-2-8-26-18-10-14(6-7-20-18)22-17-11-16(23-24-17)13-4-5-15(9-13)27-19(25)21-12/h6-7,10-13,15H,2-5,8-9H2,1H3,(H,21,25)(H2,22,23,24)/t12-,13+,15-/m1/s1. The Bertz CT molecular complexity index is 793. The largest absolute Gasteiger partial charge is 0.478 e. The second-order valence-electron chi connectivity index (χ2n) is 7.29. The lowest BCUT2D eigenvalue weighted by atomic mass is 10.0. The molecule has 144 valence electrons. The number of alkyl carbamates (subject to hydrolysis) is 1. The number of ether oxygens (including phenoxy) is 2. The quantitative estimate of drug-likeness (QED) is 0.655. The number of pyridine rings is 1. The third kappa shape index (κ3) is 4.50. The lowest BCUT2D eigenvalue weighted by molar-refractivity contribution is 0.0969. The predicted molar refractivity (Wildman–Crippen MR) is 100 cm³/mol. The zero-order chi connectivity index (χ0) is 18.6. The SMILES string of the molecule is C[C@@H]1CCCOc2cc(ccn2)Nc2cc([nH]n2)[C@H]2CC[C@H](C2)OC(=O)N1. The Morgan fingerprint density at radius 2 is 2.15 bits per heavy atom. The molecule has 27 heavy (non-hydrogen) atoms. The van der Waals surface area contributed by atoms with Crippen LogP contribution in [-0.4, -0.2) is 40.0 Å². The van der Waals surface area contributed by atoms with Crippen LogP contribution in [0.25, 0.3) is 0 Å². The second kappa shape index (κ2) is 7.85. The Morgan fingerprint density at radius 1 is 1.22 bits per heavy atom. The summed E-state index contributed by atoms with van der Waals surface area (Å²) < 4.78 is 11.3. The van der Waals surface area contributed by atoms with Crippen molar-refractivity contribution in [3.63, 3.8) is 0 Å². The molecule has 6 bridgehead atoms. The molecule has 1 saturated carbocycles. The molecule has 0 spiro atoms. The first-order valence-corrected chi connectivity index (χ1v) is 9.54. The number of aromatic nitrogens is 3. The van der Waals surface area contributed by atoms with Gasteiger partial charge in [0, 0.05) is 41.7 Å². The van der Waals surface area contributed by atoms with E-state index in [9.17, 15) is 4.79 Å². The summed E-state index contributed by atoms with van der Waals surface area (Å²) in [7, 11) is 0. The number of H-pyrrole nitrogens is 1. The molecule has 2 aromatic rings. The van der Waals surface area contributed by atoms with E-state index >= 15 is 0 Å². The number of carbonyl (C=O) groups excluding carboxylic acids is 1. The van der Waals surface area contributed by atoms with Crippen molar-refractivity contribution in [2.75, 3.05) is 11.9 Å². The number of fused-ring (bicyclic) bond motifs is 7. The smallest absolute Gasteiger partial charge is 0.407 e. The number of amides is 1. The average molecular weight is 371 g/mol. The van der Waals surface area contributed by atoms with Crippen molar-refractivity contribution in [3.8, 4) is 5.88 Å². The summed E-state index contributed by atoms with van der Waals surface area (Å²) in [6, 6.07) is 5.80. The van der Waals surface area contributed by atoms with E-state index in [-0.39, 0.29) is 18.2 Å². The summed E-state index contributed by atoms with van der Waals surface area (Å²) in [6.45, 7) is 2.51. The third-order valence-corrected chi connectivity index (χ3v) is 5.10. The summed E-state index contributed by atoms with van der Waals surface area (Å²) in [6.07, 6.45) is 5.62. The Hall–Kier alpha value is -2.77. The minimum Gasteiger partial charge on any atom is -0.478 e. The van der Waals surface area contributed by atoms with Gasteiger partial charge in [0.2, 0.25) is 5.88 Å². The highest BCUT2D eigenvalue weighted by Gasteiger charge is 2.30. The van der Waals surface area contributed by atoms with Gasteiger partial charge in [0.15, 0.2) is 5.82 Å². The van der Waals surface area contributed by atoms with Gasteiger partial charge >= 0.3 is 6.09 Å². The molecular weight excluding hydrogens is 346 g/mol. The van der Waals surface area contributed by atoms with Crippen LogP contribution in [0.3, 0.4) is 0 Å². The van der Waals surface area contributed by atoms with E-state index in [0.717, 1.165) is 49.3 Å². The molecule has 2 aromatic heterocycles. The Labute approximate surface area is 158 Å². The molecular formula is C19H25N5O3. The van der Waals surface area contributed by atoms with Crippen molar-refractivity contribution in [2.45, 2.75) is 57.1 Å². The molecule has 3 N–H and O–H groups in total. The fourth-order valence-electron chi connectivity index (χ4n) is 3.68. The van der Waals surface area contributed by atoms with Gasteiger partial charge in [-0.15, -0.1) is 0 Å². The van der Waals surface area contributed by atoms with E-state index < -0.39 is 0 Å². The minimum absolute atomic E-state index is 0.0355. The van der Waals surface area contributed by atoms with E-state index in [1.165, 1.54) is 0 Å². The lowest BCUT2D eigenvalue weighted by Gasteiger charge is -2.17. The van der Waals surface area contributed by atoms with Crippen LogP contribution >= 0.6 is 0 Å². The number of carbonyl (C=O) groups is 1. The normalized spacial score (nSPS) is 26.0. The number of nitrogens with one attached hydrogen (secondary N) is 3. The number of nitrogens with zero attached hydrogens (tertiary/aromatic N) is 2. The highest BCUT2D eigenvalue weighted by Crippen LogP contribution is 2.36. The number of aromatic amines is 1. The van der Waals surface area contributed by atoms with Crippen molar-refractivity contribution in [1.82, 2.24) is 20.5 Å². The maximum absolute atomic E-state index is 12.1. The van der Waals surface area contributed by atoms with Crippen LogP contribution in [0.5, 0.6) is 5.88 Å². The fraction of sp³-hybridized carbons (Fsp3) is 0.526. The van der Waals surface area contributed by atoms with Crippen molar-refractivity contribution >= 4 is 17.6 Å². The first-order chi connectivity index (χ1) is 13.2. The molecule has 1 aliphatic heterocycles. The fourth-order valence-corrected chi connectivity index (χ4v) is 3.68. The van der Waals surface area contributed by atoms with Crippen LogP contribution in [0.2, 0.25) is 0 Å². The third-order valence-electron chi connectivity index (χ3n) is 5.10. The molecule has 1 aliphatic carbocycles. The van der Waals surface area contributed by atoms with Gasteiger partial charge in [-0.1, -0.05) is 0 Å². The van der Waals surface area contributed by atoms with Crippen molar-refractivity contribution in [3.05, 3.63) is 30.1 Å². The molecule has 0 radical (unpaired) electrons. The molecule has 0 saturated heterocycles. The van der Waals surface area contributed by atoms with E-state index in [0.29, 0.717) is 18.4 Å². The van der Waals surface area contributed by atoms with Gasteiger partial charge in [-0.2, -0.15) is 5.10 Å². The van der Waals surface area contributed by atoms with Crippen LogP contribution in [-0.2, 0) is 4.74 Å². The Balaban J connectivity index is 1.52. The number of hydrogen-bond acceptors (Lipinski definition) is 6. The highest BCUT2D eigenvalue weighted by molar-refractivity contribution is 5.67. The summed E-state index contributed by atoms with van der Waals surface area (Å²) in [4.78, 5) is 16.4. The first-order valence-electron chi connectivity index (χ1n) is 9.54. The number of hydrogen-bond donors (Lipinski definition) is 3. The molecule has 4 rings (SSSR count). The molecule has 1 fully saturated rings. The van der Waals surface area contributed by atoms with Crippen molar-refractivity contribution < 1.29 is 14.3 Å². The number of anilines is 2. The van der Waals surface area contributed by atoms with Gasteiger partial charge in [0.25, 0.3) is 0 Å². The van der Waals surface area contributed by atoms with Gasteiger partial charge < -0.3 is 20.1 Å². The lowest BCUT2D eigenvalue weighted by Crippen LogP contribution is -2.35. The molecule has 0 unspecified atom stereocenters. The van der Waals surface area contributed by atoms with E-state index in [4.69, 9.17) is 9.47 Å². The first kappa shape index (κ1) is 17.6. The van der Waals surface area contributed by atoms with Crippen LogP contribution in [0.4, 0.5) is 16.3 Å². The van der Waals surface area contributed by atoms with Gasteiger partial charge in [0.05, 0.1) is 6.61 Å². The summed E-state index contributed by atoms with van der Waals surface area (Å²) >= 11 is 0. The zero-order valence-electron chi connectivity index (χ0n) is 15.4. The predicted octanol–water partition coefficient (Wildman–Crippen LogP) is 3.47. The molecule has 3 heterocycles. The van der Waals surface area contributed by atoms with Crippen molar-refractivity contribution in [1.29, 1.82) is 0 Å². The average Bonchev–Trinajstić information content (AvgIpc) is 3.28.